The lowest BCUT2D eigenvalue weighted by atomic mass is 10.0. The van der Waals surface area contributed by atoms with Crippen molar-refractivity contribution in [3.63, 3.8) is 0 Å². The van der Waals surface area contributed by atoms with Crippen LogP contribution in [0.1, 0.15) is 25.3 Å². The molecule has 0 spiro atoms. The zero-order valence-electron chi connectivity index (χ0n) is 15.7. The molecule has 1 aromatic carbocycles. The van der Waals surface area contributed by atoms with E-state index in [9.17, 15) is 8.42 Å². The molecule has 0 atom stereocenters. The van der Waals surface area contributed by atoms with Gasteiger partial charge in [-0.25, -0.2) is 13.4 Å². The van der Waals surface area contributed by atoms with E-state index in [1.165, 1.54) is 19.4 Å². The normalized spacial score (nSPS) is 11.5. The van der Waals surface area contributed by atoms with Gasteiger partial charge in [0.25, 0.3) is 0 Å². The van der Waals surface area contributed by atoms with Crippen LogP contribution in [0.15, 0.2) is 23.2 Å². The summed E-state index contributed by atoms with van der Waals surface area (Å²) in [6.07, 6.45) is 2.49. The number of nitrogen functional groups attached to an aromatic ring is 1. The maximum Gasteiger partial charge on any atom is 0.224 e. The summed E-state index contributed by atoms with van der Waals surface area (Å²) in [5.41, 5.74) is 6.68. The summed E-state index contributed by atoms with van der Waals surface area (Å²) >= 11 is 0. The van der Waals surface area contributed by atoms with Gasteiger partial charge in [-0.1, -0.05) is 13.8 Å². The standard InChI is InChI=1S/C17H24N4O5S/c1-10(2)11-7-13(25-3)15(27(4,23)24)8-12(11)26-14-9-20-17(19-5-6-22)21-16(14)18/h7-10,22H,5-6H2,1-4H3,(H3,18,19,20,21). The third kappa shape index (κ3) is 4.98. The van der Waals surface area contributed by atoms with Gasteiger partial charge in [0.15, 0.2) is 21.4 Å². The Morgan fingerprint density at radius 3 is 2.48 bits per heavy atom. The van der Waals surface area contributed by atoms with E-state index in [-0.39, 0.29) is 47.2 Å². The van der Waals surface area contributed by atoms with Crippen molar-refractivity contribution in [3.8, 4) is 17.2 Å². The lowest BCUT2D eigenvalue weighted by Gasteiger charge is -2.18. The van der Waals surface area contributed by atoms with E-state index in [4.69, 9.17) is 20.3 Å². The van der Waals surface area contributed by atoms with Crippen LogP contribution < -0.4 is 20.5 Å². The Bertz CT molecular complexity index is 916. The van der Waals surface area contributed by atoms with E-state index in [1.54, 1.807) is 6.07 Å². The maximum atomic E-state index is 12.1. The maximum absolute atomic E-state index is 12.1. The number of nitrogens with two attached hydrogens (primary N) is 1. The van der Waals surface area contributed by atoms with Gasteiger partial charge in [0, 0.05) is 24.4 Å². The van der Waals surface area contributed by atoms with Crippen LogP contribution in [0.25, 0.3) is 0 Å². The molecule has 0 saturated heterocycles. The average Bonchev–Trinajstić information content (AvgIpc) is 2.60. The van der Waals surface area contributed by atoms with Gasteiger partial charge in [-0.2, -0.15) is 4.98 Å². The van der Waals surface area contributed by atoms with E-state index >= 15 is 0 Å². The highest BCUT2D eigenvalue weighted by Gasteiger charge is 2.21. The molecule has 0 bridgehead atoms. The quantitative estimate of drug-likeness (QED) is 0.610. The number of hydrogen-bond acceptors (Lipinski definition) is 9. The highest BCUT2D eigenvalue weighted by molar-refractivity contribution is 7.90. The number of nitrogens with zero attached hydrogens (tertiary/aromatic N) is 2. The molecule has 2 rings (SSSR count). The van der Waals surface area contributed by atoms with Crippen LogP contribution in [0, 0.1) is 0 Å². The highest BCUT2D eigenvalue weighted by Crippen LogP contribution is 2.39. The molecule has 148 valence electrons. The molecule has 0 aliphatic rings. The number of aliphatic hydroxyl groups excluding tert-OH is 1. The van der Waals surface area contributed by atoms with Crippen LogP contribution in [-0.4, -0.2) is 50.0 Å². The second-order valence-electron chi connectivity index (χ2n) is 6.16. The number of anilines is 2. The number of rotatable bonds is 8. The summed E-state index contributed by atoms with van der Waals surface area (Å²) < 4.78 is 35.3. The minimum absolute atomic E-state index is 0.0186. The Morgan fingerprint density at radius 1 is 1.26 bits per heavy atom. The Balaban J connectivity index is 2.48. The summed E-state index contributed by atoms with van der Waals surface area (Å²) in [5, 5.41) is 11.6. The van der Waals surface area contributed by atoms with Crippen molar-refractivity contribution in [2.24, 2.45) is 0 Å². The van der Waals surface area contributed by atoms with Gasteiger partial charge in [-0.3, -0.25) is 0 Å². The van der Waals surface area contributed by atoms with Gasteiger partial charge in [0.2, 0.25) is 5.95 Å². The summed E-state index contributed by atoms with van der Waals surface area (Å²) in [7, 11) is -2.12. The summed E-state index contributed by atoms with van der Waals surface area (Å²) in [6.45, 7) is 4.11. The van der Waals surface area contributed by atoms with E-state index in [0.29, 0.717) is 5.75 Å². The average molecular weight is 396 g/mol. The van der Waals surface area contributed by atoms with Crippen molar-refractivity contribution in [2.75, 3.05) is 37.6 Å². The summed E-state index contributed by atoms with van der Waals surface area (Å²) in [5.74, 6) is 1.14. The number of aromatic nitrogens is 2. The van der Waals surface area contributed by atoms with Crippen molar-refractivity contribution < 1.29 is 23.0 Å². The fraction of sp³-hybridized carbons (Fsp3) is 0.412. The fourth-order valence-electron chi connectivity index (χ4n) is 2.38. The van der Waals surface area contributed by atoms with Crippen molar-refractivity contribution in [1.29, 1.82) is 0 Å². The van der Waals surface area contributed by atoms with Gasteiger partial charge in [-0.05, 0) is 12.0 Å². The molecule has 0 unspecified atom stereocenters. The first kappa shape index (κ1) is 20.7. The number of nitrogens with one attached hydrogen (secondary N) is 1. The number of hydrogen-bond donors (Lipinski definition) is 3. The molecule has 0 saturated carbocycles. The molecule has 0 radical (unpaired) electrons. The number of sulfone groups is 1. The Labute approximate surface area is 158 Å². The molecular formula is C17H24N4O5S. The first-order valence-corrected chi connectivity index (χ1v) is 10.1. The van der Waals surface area contributed by atoms with Crippen LogP contribution in [0.3, 0.4) is 0 Å². The Morgan fingerprint density at radius 2 is 1.96 bits per heavy atom. The smallest absolute Gasteiger partial charge is 0.224 e. The molecule has 0 aliphatic heterocycles. The molecule has 0 aliphatic carbocycles. The number of ether oxygens (including phenoxy) is 2. The predicted molar refractivity (Wildman–Crippen MR) is 102 cm³/mol. The Kier molecular flexibility index (Phi) is 6.45. The zero-order chi connectivity index (χ0) is 20.2. The van der Waals surface area contributed by atoms with E-state index in [1.807, 2.05) is 13.8 Å². The number of methoxy groups -OCH3 is 1. The molecular weight excluding hydrogens is 372 g/mol. The van der Waals surface area contributed by atoms with Crippen molar-refractivity contribution >= 4 is 21.6 Å². The second-order valence-corrected chi connectivity index (χ2v) is 8.15. The van der Waals surface area contributed by atoms with Crippen LogP contribution >= 0.6 is 0 Å². The monoisotopic (exact) mass is 396 g/mol. The predicted octanol–water partition coefficient (Wildman–Crippen LogP) is 1.79. The van der Waals surface area contributed by atoms with Crippen molar-refractivity contribution in [1.82, 2.24) is 9.97 Å². The molecule has 2 aromatic rings. The van der Waals surface area contributed by atoms with Crippen LogP contribution in [0.5, 0.6) is 17.2 Å². The van der Waals surface area contributed by atoms with Crippen molar-refractivity contribution in [2.45, 2.75) is 24.7 Å². The minimum atomic E-state index is -3.53. The topological polar surface area (TPSA) is 137 Å². The SMILES string of the molecule is COc1cc(C(C)C)c(Oc2cnc(NCCO)nc2N)cc1S(C)(=O)=O. The third-order valence-electron chi connectivity index (χ3n) is 3.72. The van der Waals surface area contributed by atoms with Gasteiger partial charge in [0.05, 0.1) is 19.9 Å². The first-order valence-electron chi connectivity index (χ1n) is 8.24. The van der Waals surface area contributed by atoms with Gasteiger partial charge in [-0.15, -0.1) is 0 Å². The summed E-state index contributed by atoms with van der Waals surface area (Å²) in [4.78, 5) is 8.15. The van der Waals surface area contributed by atoms with Gasteiger partial charge >= 0.3 is 0 Å². The molecule has 1 aromatic heterocycles. The largest absolute Gasteiger partial charge is 0.495 e. The Hall–Kier alpha value is -2.59. The number of aliphatic hydroxyl groups is 1. The number of benzene rings is 1. The molecule has 4 N–H and O–H groups in total. The highest BCUT2D eigenvalue weighted by atomic mass is 32.2. The molecule has 1 heterocycles. The third-order valence-corrected chi connectivity index (χ3v) is 4.83. The molecule has 10 heteroatoms. The molecule has 0 amide bonds. The zero-order valence-corrected chi connectivity index (χ0v) is 16.5. The van der Waals surface area contributed by atoms with Gasteiger partial charge < -0.3 is 25.6 Å². The van der Waals surface area contributed by atoms with Crippen LogP contribution in [0.4, 0.5) is 11.8 Å². The lowest BCUT2D eigenvalue weighted by molar-refractivity contribution is 0.311. The van der Waals surface area contributed by atoms with Crippen LogP contribution in [0.2, 0.25) is 0 Å². The lowest BCUT2D eigenvalue weighted by Crippen LogP contribution is -2.10. The van der Waals surface area contributed by atoms with Crippen LogP contribution in [-0.2, 0) is 9.84 Å². The fourth-order valence-corrected chi connectivity index (χ4v) is 3.21. The van der Waals surface area contributed by atoms with Gasteiger partial charge in [0.1, 0.15) is 16.4 Å². The molecule has 9 nitrogen and oxygen atoms in total. The van der Waals surface area contributed by atoms with Crippen molar-refractivity contribution in [3.05, 3.63) is 23.9 Å². The molecule has 27 heavy (non-hydrogen) atoms. The second kappa shape index (κ2) is 8.40. The van der Waals surface area contributed by atoms with E-state index < -0.39 is 9.84 Å². The van der Waals surface area contributed by atoms with E-state index in [0.717, 1.165) is 11.8 Å². The summed E-state index contributed by atoms with van der Waals surface area (Å²) in [6, 6.07) is 3.06. The first-order chi connectivity index (χ1) is 12.7. The van der Waals surface area contributed by atoms with E-state index in [2.05, 4.69) is 15.3 Å². The minimum Gasteiger partial charge on any atom is -0.495 e. The molecule has 0 fully saturated rings.